The number of carbonyl (C=O) groups is 2. The van der Waals surface area contributed by atoms with Crippen LogP contribution in [0.1, 0.15) is 29.9 Å². The first kappa shape index (κ1) is 8.64. The van der Waals surface area contributed by atoms with Crippen molar-refractivity contribution in [3.63, 3.8) is 0 Å². The highest BCUT2D eigenvalue weighted by molar-refractivity contribution is 5.96. The van der Waals surface area contributed by atoms with Crippen LogP contribution in [0.25, 0.3) is 0 Å². The molecule has 1 heterocycles. The number of rotatable bonds is 3. The maximum absolute atomic E-state index is 10.9. The van der Waals surface area contributed by atoms with Crippen molar-refractivity contribution in [2.75, 3.05) is 0 Å². The van der Waals surface area contributed by atoms with E-state index in [-0.39, 0.29) is 18.0 Å². The summed E-state index contributed by atoms with van der Waals surface area (Å²) < 4.78 is 0. The molecule has 0 atom stereocenters. The van der Waals surface area contributed by atoms with Crippen molar-refractivity contribution < 1.29 is 9.59 Å². The Morgan fingerprint density at radius 1 is 1.50 bits per heavy atom. The number of carbonyl (C=O) groups excluding carboxylic acids is 2. The maximum atomic E-state index is 10.9. The molecule has 0 radical (unpaired) electrons. The molecule has 0 fully saturated rings. The summed E-state index contributed by atoms with van der Waals surface area (Å²) in [7, 11) is 0. The Morgan fingerprint density at radius 2 is 2.17 bits per heavy atom. The summed E-state index contributed by atoms with van der Waals surface area (Å²) in [5, 5.41) is 6.33. The molecule has 0 unspecified atom stereocenters. The van der Waals surface area contributed by atoms with Crippen LogP contribution in [0.3, 0.4) is 0 Å². The first-order valence-corrected chi connectivity index (χ1v) is 3.64. The second-order valence-electron chi connectivity index (χ2n) is 2.70. The van der Waals surface area contributed by atoms with Gasteiger partial charge in [0.15, 0.2) is 5.78 Å². The van der Waals surface area contributed by atoms with Crippen LogP contribution in [0.4, 0.5) is 0 Å². The molecule has 0 bridgehead atoms. The van der Waals surface area contributed by atoms with E-state index in [1.54, 1.807) is 0 Å². The summed E-state index contributed by atoms with van der Waals surface area (Å²) in [4.78, 5) is 21.7. The highest BCUT2D eigenvalue weighted by Crippen LogP contribution is 2.06. The van der Waals surface area contributed by atoms with E-state index in [2.05, 4.69) is 10.2 Å². The Kier molecular flexibility index (Phi) is 2.38. The molecule has 0 aliphatic carbocycles. The number of ketones is 2. The lowest BCUT2D eigenvalue weighted by Gasteiger charge is -1.94. The predicted octanol–water partition coefficient (Wildman–Crippen LogP) is 0.744. The molecule has 0 saturated heterocycles. The van der Waals surface area contributed by atoms with Gasteiger partial charge in [0.1, 0.15) is 5.78 Å². The molecule has 0 aliphatic heterocycles. The zero-order valence-corrected chi connectivity index (χ0v) is 7.05. The number of nitrogens with one attached hydrogen (secondary N) is 1. The molecule has 0 aromatic carbocycles. The summed E-state index contributed by atoms with van der Waals surface area (Å²) in [5.74, 6) is -0.0539. The first-order chi connectivity index (χ1) is 5.61. The van der Waals surface area contributed by atoms with Crippen LogP contribution < -0.4 is 0 Å². The van der Waals surface area contributed by atoms with Crippen molar-refractivity contribution in [3.8, 4) is 0 Å². The molecule has 4 heteroatoms. The van der Waals surface area contributed by atoms with Gasteiger partial charge < -0.3 is 0 Å². The van der Waals surface area contributed by atoms with E-state index in [4.69, 9.17) is 0 Å². The first-order valence-electron chi connectivity index (χ1n) is 3.64. The second kappa shape index (κ2) is 3.30. The summed E-state index contributed by atoms with van der Waals surface area (Å²) >= 11 is 0. The van der Waals surface area contributed by atoms with Crippen LogP contribution in [0.2, 0.25) is 0 Å². The van der Waals surface area contributed by atoms with E-state index >= 15 is 0 Å². The third-order valence-electron chi connectivity index (χ3n) is 1.52. The maximum Gasteiger partial charge on any atom is 0.163 e. The summed E-state index contributed by atoms with van der Waals surface area (Å²) in [6.45, 7) is 2.93. The van der Waals surface area contributed by atoms with Gasteiger partial charge in [-0.15, -0.1) is 0 Å². The zero-order chi connectivity index (χ0) is 9.14. The quantitative estimate of drug-likeness (QED) is 0.674. The molecule has 1 N–H and O–H groups in total. The molecule has 0 aliphatic rings. The van der Waals surface area contributed by atoms with Crippen molar-refractivity contribution in [3.05, 3.63) is 17.5 Å². The molecular weight excluding hydrogens is 156 g/mol. The van der Waals surface area contributed by atoms with Gasteiger partial charge >= 0.3 is 0 Å². The molecular formula is C8H10N2O2. The Morgan fingerprint density at radius 3 is 2.67 bits per heavy atom. The van der Waals surface area contributed by atoms with Gasteiger partial charge in [-0.05, 0) is 13.8 Å². The van der Waals surface area contributed by atoms with E-state index in [9.17, 15) is 9.59 Å². The molecule has 0 amide bonds. The average molecular weight is 166 g/mol. The Bertz CT molecular complexity index is 315. The van der Waals surface area contributed by atoms with Crippen LogP contribution in [0, 0.1) is 0 Å². The van der Waals surface area contributed by atoms with Crippen LogP contribution >= 0.6 is 0 Å². The largest absolute Gasteiger partial charge is 0.300 e. The normalized spacial score (nSPS) is 9.83. The number of hydrogen-bond donors (Lipinski definition) is 1. The van der Waals surface area contributed by atoms with Gasteiger partial charge in [0.2, 0.25) is 0 Å². The lowest BCUT2D eigenvalue weighted by molar-refractivity contribution is -0.116. The molecule has 64 valence electrons. The fourth-order valence-electron chi connectivity index (χ4n) is 1.000. The molecule has 4 nitrogen and oxygen atoms in total. The lowest BCUT2D eigenvalue weighted by atomic mass is 10.1. The van der Waals surface area contributed by atoms with Gasteiger partial charge in [-0.1, -0.05) is 0 Å². The van der Waals surface area contributed by atoms with Crippen molar-refractivity contribution in [1.82, 2.24) is 10.2 Å². The van der Waals surface area contributed by atoms with Crippen molar-refractivity contribution in [2.24, 2.45) is 0 Å². The third-order valence-corrected chi connectivity index (χ3v) is 1.52. The standard InChI is InChI=1S/C8H10N2O2/c1-5(11)3-8-7(6(2)12)4-9-10-8/h4H,3H2,1-2H3,(H,9,10). The zero-order valence-electron chi connectivity index (χ0n) is 7.05. The van der Waals surface area contributed by atoms with Crippen molar-refractivity contribution >= 4 is 11.6 Å². The van der Waals surface area contributed by atoms with Crippen LogP contribution in [0.5, 0.6) is 0 Å². The Labute approximate surface area is 70.0 Å². The highest BCUT2D eigenvalue weighted by atomic mass is 16.1. The van der Waals surface area contributed by atoms with Gasteiger partial charge in [-0.25, -0.2) is 0 Å². The van der Waals surface area contributed by atoms with E-state index < -0.39 is 0 Å². The minimum absolute atomic E-state index is 0.0155. The van der Waals surface area contributed by atoms with E-state index in [1.807, 2.05) is 0 Å². The minimum atomic E-state index is -0.0694. The second-order valence-corrected chi connectivity index (χ2v) is 2.70. The van der Waals surface area contributed by atoms with Crippen LogP contribution in [0.15, 0.2) is 6.20 Å². The fraction of sp³-hybridized carbons (Fsp3) is 0.375. The predicted molar refractivity (Wildman–Crippen MR) is 43.0 cm³/mol. The van der Waals surface area contributed by atoms with Gasteiger partial charge in [0.25, 0.3) is 0 Å². The van der Waals surface area contributed by atoms with Gasteiger partial charge in [-0.2, -0.15) is 5.10 Å². The van der Waals surface area contributed by atoms with Crippen LogP contribution in [-0.4, -0.2) is 21.8 Å². The molecule has 0 spiro atoms. The smallest absolute Gasteiger partial charge is 0.163 e. The van der Waals surface area contributed by atoms with E-state index in [0.29, 0.717) is 11.3 Å². The highest BCUT2D eigenvalue weighted by Gasteiger charge is 2.10. The van der Waals surface area contributed by atoms with E-state index in [1.165, 1.54) is 20.0 Å². The molecule has 1 rings (SSSR count). The van der Waals surface area contributed by atoms with Gasteiger partial charge in [-0.3, -0.25) is 14.7 Å². The number of Topliss-reactive ketones (excluding diaryl/α,β-unsaturated/α-hetero) is 2. The lowest BCUT2D eigenvalue weighted by Crippen LogP contribution is -2.02. The molecule has 1 aromatic rings. The fourth-order valence-corrected chi connectivity index (χ4v) is 1.000. The molecule has 0 saturated carbocycles. The summed E-state index contributed by atoms with van der Waals surface area (Å²) in [6.07, 6.45) is 1.69. The summed E-state index contributed by atoms with van der Waals surface area (Å²) in [5.41, 5.74) is 1.11. The number of nitrogens with zero attached hydrogens (tertiary/aromatic N) is 1. The minimum Gasteiger partial charge on any atom is -0.300 e. The van der Waals surface area contributed by atoms with E-state index in [0.717, 1.165) is 0 Å². The van der Waals surface area contributed by atoms with Crippen molar-refractivity contribution in [2.45, 2.75) is 20.3 Å². The van der Waals surface area contributed by atoms with Gasteiger partial charge in [0.05, 0.1) is 17.5 Å². The third kappa shape index (κ3) is 1.78. The molecule has 1 aromatic heterocycles. The molecule has 12 heavy (non-hydrogen) atoms. The SMILES string of the molecule is CC(=O)Cc1[nH]ncc1C(C)=O. The Hall–Kier alpha value is -1.45. The number of aromatic amines is 1. The number of hydrogen-bond acceptors (Lipinski definition) is 3. The topological polar surface area (TPSA) is 62.8 Å². The average Bonchev–Trinajstić information content (AvgIpc) is 2.33. The Balaban J connectivity index is 2.91. The summed E-state index contributed by atoms with van der Waals surface area (Å²) in [6, 6.07) is 0. The number of aromatic nitrogens is 2. The number of H-pyrrole nitrogens is 1. The van der Waals surface area contributed by atoms with Gasteiger partial charge in [0, 0.05) is 6.42 Å². The van der Waals surface area contributed by atoms with Crippen LogP contribution in [-0.2, 0) is 11.2 Å². The monoisotopic (exact) mass is 166 g/mol. The van der Waals surface area contributed by atoms with Crippen molar-refractivity contribution in [1.29, 1.82) is 0 Å².